The molecule has 1 heterocycles. The van der Waals surface area contributed by atoms with E-state index in [1.54, 1.807) is 7.11 Å². The van der Waals surface area contributed by atoms with Gasteiger partial charge < -0.3 is 4.74 Å². The average molecular weight is 266 g/mol. The lowest BCUT2D eigenvalue weighted by Crippen LogP contribution is -2.11. The van der Waals surface area contributed by atoms with Crippen molar-refractivity contribution in [1.82, 2.24) is 15.0 Å². The molecule has 0 saturated heterocycles. The van der Waals surface area contributed by atoms with Crippen molar-refractivity contribution in [3.8, 4) is 0 Å². The molecule has 96 valence electrons. The van der Waals surface area contributed by atoms with Crippen molar-refractivity contribution in [2.45, 2.75) is 25.5 Å². The zero-order valence-corrected chi connectivity index (χ0v) is 11.3. The first-order chi connectivity index (χ1) is 8.76. The Hall–Kier alpha value is -1.39. The van der Waals surface area contributed by atoms with Crippen LogP contribution in [0, 0.1) is 0 Å². The van der Waals surface area contributed by atoms with Crippen LogP contribution in [0.25, 0.3) is 0 Å². The number of rotatable bonds is 5. The fraction of sp³-hybridized carbons (Fsp3) is 0.385. The molecular weight excluding hydrogens is 250 g/mol. The van der Waals surface area contributed by atoms with Crippen LogP contribution in [0.3, 0.4) is 0 Å². The number of ether oxygens (including phenoxy) is 1. The van der Waals surface area contributed by atoms with Crippen LogP contribution < -0.4 is 0 Å². The molecule has 0 N–H and O–H groups in total. The van der Waals surface area contributed by atoms with Crippen LogP contribution in [0.5, 0.6) is 0 Å². The van der Waals surface area contributed by atoms with E-state index in [4.69, 9.17) is 16.3 Å². The first-order valence-corrected chi connectivity index (χ1v) is 6.34. The minimum Gasteiger partial charge on any atom is -0.375 e. The first-order valence-electron chi connectivity index (χ1n) is 5.81. The fourth-order valence-electron chi connectivity index (χ4n) is 1.88. The van der Waals surface area contributed by atoms with Crippen molar-refractivity contribution in [2.75, 3.05) is 7.11 Å². The summed E-state index contributed by atoms with van der Waals surface area (Å²) in [5.41, 5.74) is 2.89. The molecule has 0 spiro atoms. The monoisotopic (exact) mass is 265 g/mol. The lowest BCUT2D eigenvalue weighted by atomic mass is 10.2. The predicted octanol–water partition coefficient (Wildman–Crippen LogP) is 2.77. The standard InChI is InChI=1S/C13H16ClN3O/c1-10(18-2)13-12(8-14)15-16-17(13)9-11-6-4-3-5-7-11/h3-7,10H,8-9H2,1-2H3. The zero-order valence-electron chi connectivity index (χ0n) is 10.5. The second kappa shape index (κ2) is 5.98. The summed E-state index contributed by atoms with van der Waals surface area (Å²) in [5, 5.41) is 8.25. The van der Waals surface area contributed by atoms with E-state index in [0.29, 0.717) is 12.4 Å². The predicted molar refractivity (Wildman–Crippen MR) is 70.5 cm³/mol. The normalized spacial score (nSPS) is 12.6. The molecule has 2 rings (SSSR count). The highest BCUT2D eigenvalue weighted by molar-refractivity contribution is 6.16. The summed E-state index contributed by atoms with van der Waals surface area (Å²) < 4.78 is 7.20. The first kappa shape index (κ1) is 13.1. The minimum absolute atomic E-state index is 0.0718. The second-order valence-corrected chi connectivity index (χ2v) is 4.34. The van der Waals surface area contributed by atoms with E-state index in [1.165, 1.54) is 5.56 Å². The maximum atomic E-state index is 5.88. The summed E-state index contributed by atoms with van der Waals surface area (Å²) >= 11 is 5.88. The molecule has 2 aromatic rings. The van der Waals surface area contributed by atoms with Crippen molar-refractivity contribution in [2.24, 2.45) is 0 Å². The van der Waals surface area contributed by atoms with Crippen molar-refractivity contribution in [3.05, 3.63) is 47.3 Å². The highest BCUT2D eigenvalue weighted by Gasteiger charge is 2.18. The van der Waals surface area contributed by atoms with E-state index in [0.717, 1.165) is 11.4 Å². The Bertz CT molecular complexity index is 498. The van der Waals surface area contributed by atoms with Gasteiger partial charge in [0.05, 0.1) is 24.2 Å². The smallest absolute Gasteiger partial charge is 0.103 e. The van der Waals surface area contributed by atoms with Gasteiger partial charge in [-0.2, -0.15) is 0 Å². The third kappa shape index (κ3) is 2.71. The molecule has 1 aromatic carbocycles. The Labute approximate surface area is 112 Å². The molecule has 1 aromatic heterocycles. The van der Waals surface area contributed by atoms with Crippen molar-refractivity contribution >= 4 is 11.6 Å². The molecule has 0 aliphatic rings. The largest absolute Gasteiger partial charge is 0.375 e. The molecule has 0 aliphatic heterocycles. The third-order valence-corrected chi connectivity index (χ3v) is 3.14. The van der Waals surface area contributed by atoms with E-state index in [2.05, 4.69) is 22.4 Å². The summed E-state index contributed by atoms with van der Waals surface area (Å²) in [4.78, 5) is 0. The lowest BCUT2D eigenvalue weighted by molar-refractivity contribution is 0.111. The molecule has 4 nitrogen and oxygen atoms in total. The molecule has 0 saturated carbocycles. The van der Waals surface area contributed by atoms with Crippen molar-refractivity contribution in [3.63, 3.8) is 0 Å². The molecule has 5 heteroatoms. The topological polar surface area (TPSA) is 39.9 Å². The van der Waals surface area contributed by atoms with Crippen molar-refractivity contribution < 1.29 is 4.74 Å². The highest BCUT2D eigenvalue weighted by atomic mass is 35.5. The highest BCUT2D eigenvalue weighted by Crippen LogP contribution is 2.21. The Morgan fingerprint density at radius 2 is 2.06 bits per heavy atom. The molecule has 18 heavy (non-hydrogen) atoms. The quantitative estimate of drug-likeness (QED) is 0.781. The number of hydrogen-bond acceptors (Lipinski definition) is 3. The molecule has 1 unspecified atom stereocenters. The van der Waals surface area contributed by atoms with Crippen LogP contribution in [0.4, 0.5) is 0 Å². The number of halogens is 1. The fourth-order valence-corrected chi connectivity index (χ4v) is 2.07. The summed E-state index contributed by atoms with van der Waals surface area (Å²) in [6.45, 7) is 2.64. The third-order valence-electron chi connectivity index (χ3n) is 2.89. The molecule has 0 aliphatic carbocycles. The summed E-state index contributed by atoms with van der Waals surface area (Å²) in [6, 6.07) is 10.1. The minimum atomic E-state index is -0.0718. The van der Waals surface area contributed by atoms with Gasteiger partial charge in [0, 0.05) is 7.11 Å². The maximum Gasteiger partial charge on any atom is 0.103 e. The van der Waals surface area contributed by atoms with E-state index in [1.807, 2.05) is 29.8 Å². The second-order valence-electron chi connectivity index (χ2n) is 4.08. The Morgan fingerprint density at radius 1 is 1.33 bits per heavy atom. The van der Waals surface area contributed by atoms with Gasteiger partial charge in [0.15, 0.2) is 0 Å². The number of aromatic nitrogens is 3. The van der Waals surface area contributed by atoms with Crippen LogP contribution in [0.1, 0.15) is 30.0 Å². The van der Waals surface area contributed by atoms with Gasteiger partial charge in [-0.05, 0) is 12.5 Å². The van der Waals surface area contributed by atoms with Crippen LogP contribution >= 0.6 is 11.6 Å². The molecule has 0 fully saturated rings. The zero-order chi connectivity index (χ0) is 13.0. The molecule has 0 radical (unpaired) electrons. The van der Waals surface area contributed by atoms with Crippen LogP contribution in [0.15, 0.2) is 30.3 Å². The van der Waals surface area contributed by atoms with Gasteiger partial charge in [0.25, 0.3) is 0 Å². The number of nitrogens with zero attached hydrogens (tertiary/aromatic N) is 3. The molecule has 0 amide bonds. The molecule has 0 bridgehead atoms. The lowest BCUT2D eigenvalue weighted by Gasteiger charge is -2.13. The number of hydrogen-bond donors (Lipinski definition) is 0. The SMILES string of the molecule is COC(C)c1c(CCl)nnn1Cc1ccccc1. The van der Waals surface area contributed by atoms with Crippen molar-refractivity contribution in [1.29, 1.82) is 0 Å². The van der Waals surface area contributed by atoms with Gasteiger partial charge >= 0.3 is 0 Å². The van der Waals surface area contributed by atoms with E-state index < -0.39 is 0 Å². The van der Waals surface area contributed by atoms with Gasteiger partial charge in [0.2, 0.25) is 0 Å². The van der Waals surface area contributed by atoms with Gasteiger partial charge in [0.1, 0.15) is 5.69 Å². The maximum absolute atomic E-state index is 5.88. The van der Waals surface area contributed by atoms with E-state index in [9.17, 15) is 0 Å². The van der Waals surface area contributed by atoms with Crippen LogP contribution in [-0.2, 0) is 17.2 Å². The van der Waals surface area contributed by atoms with Crippen LogP contribution in [-0.4, -0.2) is 22.1 Å². The molecular formula is C13H16ClN3O. The van der Waals surface area contributed by atoms with Crippen LogP contribution in [0.2, 0.25) is 0 Å². The van der Waals surface area contributed by atoms with E-state index in [-0.39, 0.29) is 6.10 Å². The summed E-state index contributed by atoms with van der Waals surface area (Å²) in [5.74, 6) is 0.345. The van der Waals surface area contributed by atoms with Gasteiger partial charge in [-0.1, -0.05) is 35.5 Å². The number of alkyl halides is 1. The van der Waals surface area contributed by atoms with Gasteiger partial charge in [-0.25, -0.2) is 4.68 Å². The summed E-state index contributed by atoms with van der Waals surface area (Å²) in [6.07, 6.45) is -0.0718. The summed E-state index contributed by atoms with van der Waals surface area (Å²) in [7, 11) is 1.67. The van der Waals surface area contributed by atoms with E-state index >= 15 is 0 Å². The number of methoxy groups -OCH3 is 1. The van der Waals surface area contributed by atoms with Gasteiger partial charge in [-0.3, -0.25) is 0 Å². The number of benzene rings is 1. The Balaban J connectivity index is 2.30. The average Bonchev–Trinajstić information content (AvgIpc) is 2.82. The Morgan fingerprint density at radius 3 is 2.67 bits per heavy atom. The molecule has 1 atom stereocenters. The Kier molecular flexibility index (Phi) is 4.33. The van der Waals surface area contributed by atoms with Gasteiger partial charge in [-0.15, -0.1) is 16.7 Å².